The van der Waals surface area contributed by atoms with Crippen LogP contribution in [-0.4, -0.2) is 49.9 Å². The minimum Gasteiger partial charge on any atom is -0.322 e. The molecule has 1 N–H and O–H groups in total. The molecule has 2 aromatic carbocycles. The molecule has 0 bridgehead atoms. The number of fused-ring (bicyclic) bond motifs is 1. The number of thioether (sulfide) groups is 1. The second-order valence-corrected chi connectivity index (χ2v) is 10.8. The molecule has 160 valence electrons. The van der Waals surface area contributed by atoms with Crippen LogP contribution in [-0.2, 0) is 25.4 Å². The van der Waals surface area contributed by atoms with Crippen molar-refractivity contribution in [3.8, 4) is 0 Å². The SMILES string of the molecule is CN(C)S(=O)(=O)c1cccc(CSCC(=O)N2c3ccccc3NC(=O)C2(C)C)c1. The molecular formula is C21H25N3O4S2. The van der Waals surface area contributed by atoms with E-state index in [0.29, 0.717) is 17.1 Å². The summed E-state index contributed by atoms with van der Waals surface area (Å²) in [7, 11) is -0.529. The van der Waals surface area contributed by atoms with Gasteiger partial charge in [-0.15, -0.1) is 11.8 Å². The number of anilines is 2. The first-order chi connectivity index (χ1) is 14.0. The zero-order valence-corrected chi connectivity index (χ0v) is 19.0. The Morgan fingerprint density at radius 2 is 1.83 bits per heavy atom. The van der Waals surface area contributed by atoms with E-state index in [1.54, 1.807) is 43.0 Å². The fourth-order valence-corrected chi connectivity index (χ4v) is 5.02. The van der Waals surface area contributed by atoms with Gasteiger partial charge in [-0.05, 0) is 43.7 Å². The third kappa shape index (κ3) is 4.23. The van der Waals surface area contributed by atoms with Crippen LogP contribution in [0.2, 0.25) is 0 Å². The average molecular weight is 448 g/mol. The van der Waals surface area contributed by atoms with Crippen molar-refractivity contribution in [1.82, 2.24) is 4.31 Å². The quantitative estimate of drug-likeness (QED) is 0.736. The number of rotatable bonds is 6. The summed E-state index contributed by atoms with van der Waals surface area (Å²) in [6, 6.07) is 13.9. The van der Waals surface area contributed by atoms with E-state index >= 15 is 0 Å². The minimum absolute atomic E-state index is 0.162. The zero-order chi connectivity index (χ0) is 22.1. The van der Waals surface area contributed by atoms with Crippen LogP contribution in [0.3, 0.4) is 0 Å². The minimum atomic E-state index is -3.51. The number of hydrogen-bond donors (Lipinski definition) is 1. The molecule has 9 heteroatoms. The van der Waals surface area contributed by atoms with Crippen molar-refractivity contribution in [1.29, 1.82) is 0 Å². The highest BCUT2D eigenvalue weighted by Crippen LogP contribution is 2.37. The summed E-state index contributed by atoms with van der Waals surface area (Å²) in [6.45, 7) is 3.44. The Labute approximate surface area is 181 Å². The Morgan fingerprint density at radius 1 is 1.13 bits per heavy atom. The standard InChI is InChI=1S/C21H25N3O4S2/c1-21(2)20(26)22-17-10-5-6-11-18(17)24(21)19(25)14-29-13-15-8-7-9-16(12-15)30(27,28)23(3)4/h5-12H,13-14H2,1-4H3,(H,22,26). The van der Waals surface area contributed by atoms with E-state index < -0.39 is 15.6 Å². The van der Waals surface area contributed by atoms with E-state index in [2.05, 4.69) is 5.32 Å². The van der Waals surface area contributed by atoms with Gasteiger partial charge in [0.1, 0.15) is 5.54 Å². The summed E-state index contributed by atoms with van der Waals surface area (Å²) in [6.07, 6.45) is 0. The van der Waals surface area contributed by atoms with Crippen LogP contribution in [0.15, 0.2) is 53.4 Å². The predicted octanol–water partition coefficient (Wildman–Crippen LogP) is 2.93. The van der Waals surface area contributed by atoms with E-state index in [4.69, 9.17) is 0 Å². The number of nitrogens with one attached hydrogen (secondary N) is 1. The van der Waals surface area contributed by atoms with Crippen LogP contribution >= 0.6 is 11.8 Å². The second kappa shape index (κ2) is 8.41. The molecule has 0 radical (unpaired) electrons. The number of nitrogens with zero attached hydrogens (tertiary/aromatic N) is 2. The van der Waals surface area contributed by atoms with Crippen LogP contribution in [0.5, 0.6) is 0 Å². The molecule has 0 saturated heterocycles. The molecule has 2 aromatic rings. The molecule has 0 atom stereocenters. The van der Waals surface area contributed by atoms with Crippen molar-refractivity contribution in [2.24, 2.45) is 0 Å². The number of carbonyl (C=O) groups is 2. The highest BCUT2D eigenvalue weighted by molar-refractivity contribution is 7.99. The number of para-hydroxylation sites is 2. The highest BCUT2D eigenvalue weighted by atomic mass is 32.2. The lowest BCUT2D eigenvalue weighted by atomic mass is 9.96. The van der Waals surface area contributed by atoms with Gasteiger partial charge in [0.05, 0.1) is 22.0 Å². The van der Waals surface area contributed by atoms with E-state index in [1.165, 1.54) is 30.2 Å². The second-order valence-electron chi connectivity index (χ2n) is 7.69. The van der Waals surface area contributed by atoms with Gasteiger partial charge >= 0.3 is 0 Å². The topological polar surface area (TPSA) is 86.8 Å². The number of amides is 2. The fraction of sp³-hybridized carbons (Fsp3) is 0.333. The van der Waals surface area contributed by atoms with Gasteiger partial charge < -0.3 is 5.32 Å². The molecule has 1 heterocycles. The summed E-state index contributed by atoms with van der Waals surface area (Å²) in [5, 5.41) is 2.85. The van der Waals surface area contributed by atoms with Crippen molar-refractivity contribution >= 4 is 45.0 Å². The van der Waals surface area contributed by atoms with Crippen molar-refractivity contribution in [3.63, 3.8) is 0 Å². The molecule has 3 rings (SSSR count). The molecule has 0 aromatic heterocycles. The maximum atomic E-state index is 13.1. The number of sulfonamides is 1. The van der Waals surface area contributed by atoms with Crippen LogP contribution in [0.4, 0.5) is 11.4 Å². The van der Waals surface area contributed by atoms with Gasteiger partial charge in [-0.1, -0.05) is 24.3 Å². The Kier molecular flexibility index (Phi) is 6.26. The van der Waals surface area contributed by atoms with Crippen LogP contribution in [0.25, 0.3) is 0 Å². The molecular weight excluding hydrogens is 422 g/mol. The summed E-state index contributed by atoms with van der Waals surface area (Å²) >= 11 is 1.38. The normalized spacial score (nSPS) is 15.6. The van der Waals surface area contributed by atoms with Crippen LogP contribution in [0, 0.1) is 0 Å². The third-order valence-corrected chi connectivity index (χ3v) is 7.73. The monoisotopic (exact) mass is 447 g/mol. The maximum absolute atomic E-state index is 13.1. The Bertz CT molecular complexity index is 1080. The molecule has 0 aliphatic carbocycles. The predicted molar refractivity (Wildman–Crippen MR) is 120 cm³/mol. The van der Waals surface area contributed by atoms with Gasteiger partial charge in [0.25, 0.3) is 0 Å². The maximum Gasteiger partial charge on any atom is 0.250 e. The van der Waals surface area contributed by atoms with E-state index in [1.807, 2.05) is 24.3 Å². The molecule has 7 nitrogen and oxygen atoms in total. The lowest BCUT2D eigenvalue weighted by Gasteiger charge is -2.42. The smallest absolute Gasteiger partial charge is 0.250 e. The Hall–Kier alpha value is -2.36. The number of hydrogen-bond acceptors (Lipinski definition) is 5. The van der Waals surface area contributed by atoms with Crippen LogP contribution < -0.4 is 10.2 Å². The Balaban J connectivity index is 1.73. The van der Waals surface area contributed by atoms with Gasteiger partial charge in [0.15, 0.2) is 0 Å². The molecule has 2 amide bonds. The van der Waals surface area contributed by atoms with E-state index in [9.17, 15) is 18.0 Å². The largest absolute Gasteiger partial charge is 0.322 e. The lowest BCUT2D eigenvalue weighted by Crippen LogP contribution is -2.58. The summed E-state index contributed by atoms with van der Waals surface area (Å²) in [4.78, 5) is 27.3. The molecule has 0 saturated carbocycles. The van der Waals surface area contributed by atoms with Gasteiger partial charge in [-0.2, -0.15) is 0 Å². The summed E-state index contributed by atoms with van der Waals surface area (Å²) in [5.41, 5.74) is 1.09. The zero-order valence-electron chi connectivity index (χ0n) is 17.4. The lowest BCUT2D eigenvalue weighted by molar-refractivity contribution is -0.125. The molecule has 0 fully saturated rings. The van der Waals surface area contributed by atoms with Gasteiger partial charge in [0, 0.05) is 19.8 Å². The molecule has 1 aliphatic rings. The van der Waals surface area contributed by atoms with Gasteiger partial charge in [-0.3, -0.25) is 14.5 Å². The fourth-order valence-electron chi connectivity index (χ4n) is 3.23. The first-order valence-electron chi connectivity index (χ1n) is 9.38. The molecule has 30 heavy (non-hydrogen) atoms. The van der Waals surface area contributed by atoms with Crippen molar-refractivity contribution in [2.45, 2.75) is 30.0 Å². The van der Waals surface area contributed by atoms with Gasteiger partial charge in [-0.25, -0.2) is 12.7 Å². The van der Waals surface area contributed by atoms with Gasteiger partial charge in [0.2, 0.25) is 21.8 Å². The van der Waals surface area contributed by atoms with Crippen LogP contribution in [0.1, 0.15) is 19.4 Å². The molecule has 1 aliphatic heterocycles. The summed E-state index contributed by atoms with van der Waals surface area (Å²) in [5.74, 6) is 0.228. The first kappa shape index (κ1) is 22.3. The average Bonchev–Trinajstić information content (AvgIpc) is 2.68. The Morgan fingerprint density at radius 3 is 2.53 bits per heavy atom. The third-order valence-electron chi connectivity index (χ3n) is 4.93. The van der Waals surface area contributed by atoms with E-state index in [-0.39, 0.29) is 22.5 Å². The molecule has 0 unspecified atom stereocenters. The number of carbonyl (C=O) groups excluding carboxylic acids is 2. The summed E-state index contributed by atoms with van der Waals surface area (Å²) < 4.78 is 25.8. The van der Waals surface area contributed by atoms with Crippen molar-refractivity contribution < 1.29 is 18.0 Å². The van der Waals surface area contributed by atoms with Crippen molar-refractivity contribution in [2.75, 3.05) is 30.1 Å². The van der Waals surface area contributed by atoms with Crippen molar-refractivity contribution in [3.05, 3.63) is 54.1 Å². The molecule has 0 spiro atoms. The number of benzene rings is 2. The van der Waals surface area contributed by atoms with E-state index in [0.717, 1.165) is 5.56 Å². The highest BCUT2D eigenvalue weighted by Gasteiger charge is 2.43. The first-order valence-corrected chi connectivity index (χ1v) is 12.0.